The molecule has 1 aromatic rings. The average Bonchev–Trinajstić information content (AvgIpc) is 2.12. The predicted molar refractivity (Wildman–Crippen MR) is 56.1 cm³/mol. The van der Waals surface area contributed by atoms with Crippen LogP contribution in [0.1, 0.15) is 12.5 Å². The van der Waals surface area contributed by atoms with E-state index in [1.165, 1.54) is 19.1 Å². The van der Waals surface area contributed by atoms with Crippen LogP contribution in [0.2, 0.25) is 0 Å². The van der Waals surface area contributed by atoms with Crippen LogP contribution < -0.4 is 0 Å². The lowest BCUT2D eigenvalue weighted by molar-refractivity contribution is -0.156. The number of benzene rings is 1. The molecule has 0 saturated heterocycles. The van der Waals surface area contributed by atoms with Crippen LogP contribution in [-0.2, 0) is 11.2 Å². The minimum absolute atomic E-state index is 0.152. The normalized spacial score (nSPS) is 14.7. The first-order valence-corrected chi connectivity index (χ1v) is 5.02. The molecular formula is C10H10BrFO3. The van der Waals surface area contributed by atoms with Crippen LogP contribution in [0.15, 0.2) is 22.7 Å². The summed E-state index contributed by atoms with van der Waals surface area (Å²) in [7, 11) is 0. The number of carbonyl (C=O) groups is 1. The van der Waals surface area contributed by atoms with Crippen molar-refractivity contribution in [1.82, 2.24) is 0 Å². The minimum atomic E-state index is -1.89. The summed E-state index contributed by atoms with van der Waals surface area (Å²) in [5.41, 5.74) is -1.47. The molecule has 0 radical (unpaired) electrons. The second-order valence-corrected chi connectivity index (χ2v) is 4.26. The fourth-order valence-corrected chi connectivity index (χ4v) is 1.54. The molecule has 0 spiro atoms. The third kappa shape index (κ3) is 2.76. The summed E-state index contributed by atoms with van der Waals surface area (Å²) in [5, 5.41) is 18.2. The lowest BCUT2D eigenvalue weighted by Gasteiger charge is -2.18. The Morgan fingerprint density at radius 3 is 2.73 bits per heavy atom. The molecule has 1 rings (SSSR count). The van der Waals surface area contributed by atoms with Gasteiger partial charge < -0.3 is 10.2 Å². The highest BCUT2D eigenvalue weighted by atomic mass is 79.9. The molecule has 0 aromatic heterocycles. The fraction of sp³-hybridized carbons (Fsp3) is 0.300. The molecule has 0 heterocycles. The van der Waals surface area contributed by atoms with Gasteiger partial charge in [0.1, 0.15) is 5.82 Å². The van der Waals surface area contributed by atoms with Gasteiger partial charge in [0.05, 0.1) is 4.47 Å². The number of hydrogen-bond donors (Lipinski definition) is 2. The smallest absolute Gasteiger partial charge is 0.335 e. The monoisotopic (exact) mass is 276 g/mol. The Labute approximate surface area is 94.7 Å². The molecule has 0 fully saturated rings. The molecule has 5 heteroatoms. The van der Waals surface area contributed by atoms with Gasteiger partial charge in [0.15, 0.2) is 5.60 Å². The molecule has 2 N–H and O–H groups in total. The third-order valence-electron chi connectivity index (χ3n) is 2.03. The summed E-state index contributed by atoms with van der Waals surface area (Å²) >= 11 is 3.00. The predicted octanol–water partition coefficient (Wildman–Crippen LogP) is 1.97. The highest BCUT2D eigenvalue weighted by Crippen LogP contribution is 2.24. The Morgan fingerprint density at radius 2 is 2.20 bits per heavy atom. The van der Waals surface area contributed by atoms with Crippen LogP contribution in [0, 0.1) is 5.82 Å². The second kappa shape index (κ2) is 4.28. The molecule has 0 amide bonds. The van der Waals surface area contributed by atoms with E-state index < -0.39 is 17.4 Å². The maximum atomic E-state index is 13.1. The van der Waals surface area contributed by atoms with E-state index in [-0.39, 0.29) is 10.9 Å². The lowest BCUT2D eigenvalue weighted by atomic mass is 9.97. The van der Waals surface area contributed by atoms with Gasteiger partial charge >= 0.3 is 5.97 Å². The van der Waals surface area contributed by atoms with Crippen molar-refractivity contribution in [2.45, 2.75) is 18.9 Å². The molecule has 3 nitrogen and oxygen atoms in total. The minimum Gasteiger partial charge on any atom is -0.479 e. The van der Waals surface area contributed by atoms with Crippen LogP contribution in [0.4, 0.5) is 4.39 Å². The van der Waals surface area contributed by atoms with Crippen molar-refractivity contribution in [1.29, 1.82) is 0 Å². The Bertz CT molecular complexity index is 390. The van der Waals surface area contributed by atoms with E-state index in [2.05, 4.69) is 15.9 Å². The number of rotatable bonds is 3. The highest BCUT2D eigenvalue weighted by molar-refractivity contribution is 9.10. The molecule has 0 saturated carbocycles. The molecule has 82 valence electrons. The number of aliphatic hydroxyl groups is 1. The third-order valence-corrected chi connectivity index (χ3v) is 2.92. The van der Waals surface area contributed by atoms with Crippen LogP contribution in [0.25, 0.3) is 0 Å². The quantitative estimate of drug-likeness (QED) is 0.888. The van der Waals surface area contributed by atoms with Gasteiger partial charge in [-0.25, -0.2) is 9.18 Å². The van der Waals surface area contributed by atoms with Gasteiger partial charge in [0, 0.05) is 6.42 Å². The molecule has 1 atom stereocenters. The van der Waals surface area contributed by atoms with E-state index in [1.54, 1.807) is 6.07 Å². The molecule has 1 unspecified atom stereocenters. The number of halogens is 2. The number of carboxylic acid groups (broad SMARTS) is 1. The van der Waals surface area contributed by atoms with E-state index in [1.807, 2.05) is 0 Å². The zero-order chi connectivity index (χ0) is 11.6. The van der Waals surface area contributed by atoms with Gasteiger partial charge in [-0.2, -0.15) is 0 Å². The standard InChI is InChI=1S/C10H10BrFO3/c1-10(15,9(13)14)5-6-3-2-4-7(12)8(6)11/h2-4,15H,5H2,1H3,(H,13,14). The van der Waals surface area contributed by atoms with Crippen molar-refractivity contribution < 1.29 is 19.4 Å². The Balaban J connectivity index is 3.00. The Hall–Kier alpha value is -0.940. The highest BCUT2D eigenvalue weighted by Gasteiger charge is 2.31. The molecule has 0 aliphatic heterocycles. The summed E-state index contributed by atoms with van der Waals surface area (Å²) in [6.45, 7) is 1.17. The van der Waals surface area contributed by atoms with Crippen molar-refractivity contribution in [3.8, 4) is 0 Å². The molecular weight excluding hydrogens is 267 g/mol. The molecule has 15 heavy (non-hydrogen) atoms. The summed E-state index contributed by atoms with van der Waals surface area (Å²) in [6, 6.07) is 4.28. The molecule has 0 bridgehead atoms. The van der Waals surface area contributed by atoms with Crippen molar-refractivity contribution in [3.63, 3.8) is 0 Å². The van der Waals surface area contributed by atoms with E-state index in [0.29, 0.717) is 5.56 Å². The summed E-state index contributed by atoms with van der Waals surface area (Å²) in [4.78, 5) is 10.7. The van der Waals surface area contributed by atoms with Gasteiger partial charge in [-0.15, -0.1) is 0 Å². The Morgan fingerprint density at radius 1 is 1.60 bits per heavy atom. The molecule has 1 aromatic carbocycles. The van der Waals surface area contributed by atoms with Crippen LogP contribution in [0.3, 0.4) is 0 Å². The van der Waals surface area contributed by atoms with E-state index in [0.717, 1.165) is 0 Å². The van der Waals surface area contributed by atoms with Crippen molar-refractivity contribution in [3.05, 3.63) is 34.1 Å². The van der Waals surface area contributed by atoms with Gasteiger partial charge in [-0.05, 0) is 34.5 Å². The maximum absolute atomic E-state index is 13.1. The SMILES string of the molecule is CC(O)(Cc1cccc(F)c1Br)C(=O)O. The van der Waals surface area contributed by atoms with E-state index in [9.17, 15) is 14.3 Å². The topological polar surface area (TPSA) is 57.5 Å². The van der Waals surface area contributed by atoms with Gasteiger partial charge in [-0.1, -0.05) is 12.1 Å². The van der Waals surface area contributed by atoms with Crippen LogP contribution in [0.5, 0.6) is 0 Å². The first kappa shape index (κ1) is 12.1. The Kier molecular flexibility index (Phi) is 3.46. The summed E-state index contributed by atoms with van der Waals surface area (Å²) in [6.07, 6.45) is -0.152. The first-order chi connectivity index (χ1) is 6.84. The van der Waals surface area contributed by atoms with Gasteiger partial charge in [-0.3, -0.25) is 0 Å². The number of carboxylic acids is 1. The maximum Gasteiger partial charge on any atom is 0.335 e. The van der Waals surface area contributed by atoms with Gasteiger partial charge in [0.25, 0.3) is 0 Å². The molecule has 0 aliphatic carbocycles. The van der Waals surface area contributed by atoms with Crippen LogP contribution >= 0.6 is 15.9 Å². The fourth-order valence-electron chi connectivity index (χ4n) is 1.13. The average molecular weight is 277 g/mol. The number of hydrogen-bond acceptors (Lipinski definition) is 2. The lowest BCUT2D eigenvalue weighted by Crippen LogP contribution is -2.37. The van der Waals surface area contributed by atoms with Crippen LogP contribution in [-0.4, -0.2) is 21.8 Å². The first-order valence-electron chi connectivity index (χ1n) is 4.23. The van der Waals surface area contributed by atoms with E-state index >= 15 is 0 Å². The second-order valence-electron chi connectivity index (χ2n) is 3.47. The molecule has 0 aliphatic rings. The van der Waals surface area contributed by atoms with Crippen molar-refractivity contribution in [2.75, 3.05) is 0 Å². The van der Waals surface area contributed by atoms with E-state index in [4.69, 9.17) is 5.11 Å². The van der Waals surface area contributed by atoms with Crippen molar-refractivity contribution in [2.24, 2.45) is 0 Å². The summed E-state index contributed by atoms with van der Waals surface area (Å²) < 4.78 is 13.3. The van der Waals surface area contributed by atoms with Crippen molar-refractivity contribution >= 4 is 21.9 Å². The summed E-state index contributed by atoms with van der Waals surface area (Å²) in [5.74, 6) is -1.81. The number of aliphatic carboxylic acids is 1. The zero-order valence-electron chi connectivity index (χ0n) is 8.00. The van der Waals surface area contributed by atoms with Gasteiger partial charge in [0.2, 0.25) is 0 Å². The largest absolute Gasteiger partial charge is 0.479 e. The zero-order valence-corrected chi connectivity index (χ0v) is 9.58.